The molecule has 0 spiro atoms. The molecule has 0 saturated carbocycles. The van der Waals surface area contributed by atoms with Crippen LogP contribution in [0.5, 0.6) is 5.75 Å². The van der Waals surface area contributed by atoms with Crippen molar-refractivity contribution in [3.63, 3.8) is 0 Å². The number of nitrogens with one attached hydrogen (secondary N) is 1. The van der Waals surface area contributed by atoms with Crippen LogP contribution in [0.3, 0.4) is 0 Å². The third-order valence-electron chi connectivity index (χ3n) is 3.93. The van der Waals surface area contributed by atoms with Crippen LogP contribution in [0.4, 0.5) is 11.4 Å². The fraction of sp³-hybridized carbons (Fsp3) is 0.0500. The molecule has 4 rings (SSSR count). The topological polar surface area (TPSA) is 64.9 Å². The Labute approximate surface area is 151 Å². The number of methoxy groups -OCH3 is 1. The number of pyridine rings is 1. The highest BCUT2D eigenvalue weighted by molar-refractivity contribution is 5.61. The van der Waals surface area contributed by atoms with E-state index in [-0.39, 0.29) is 0 Å². The van der Waals surface area contributed by atoms with Gasteiger partial charge in [0.25, 0.3) is 0 Å². The van der Waals surface area contributed by atoms with Gasteiger partial charge in [-0.1, -0.05) is 11.3 Å². The number of hydrogen-bond donors (Lipinski definition) is 1. The van der Waals surface area contributed by atoms with Crippen LogP contribution in [0.1, 0.15) is 0 Å². The Morgan fingerprint density at radius 3 is 2.23 bits per heavy atom. The van der Waals surface area contributed by atoms with Crippen LogP contribution < -0.4 is 10.1 Å². The average molecular weight is 343 g/mol. The van der Waals surface area contributed by atoms with E-state index in [4.69, 9.17) is 4.74 Å². The van der Waals surface area contributed by atoms with E-state index in [1.807, 2.05) is 72.9 Å². The number of benzene rings is 2. The molecular weight excluding hydrogens is 326 g/mol. The van der Waals surface area contributed by atoms with Crippen molar-refractivity contribution in [3.8, 4) is 22.8 Å². The van der Waals surface area contributed by atoms with E-state index in [0.717, 1.165) is 34.2 Å². The monoisotopic (exact) mass is 343 g/mol. The van der Waals surface area contributed by atoms with Gasteiger partial charge in [-0.3, -0.25) is 4.98 Å². The van der Waals surface area contributed by atoms with Gasteiger partial charge in [0.15, 0.2) is 0 Å². The van der Waals surface area contributed by atoms with E-state index < -0.39 is 0 Å². The molecule has 2 aromatic heterocycles. The largest absolute Gasteiger partial charge is 0.497 e. The molecule has 2 aromatic carbocycles. The Kier molecular flexibility index (Phi) is 4.30. The SMILES string of the molecule is COc1ccc(Nc2ccc(-n3cc(-c4ccccn4)nn3)cc2)cc1. The van der Waals surface area contributed by atoms with E-state index in [0.29, 0.717) is 0 Å². The average Bonchev–Trinajstić information content (AvgIpc) is 3.20. The highest BCUT2D eigenvalue weighted by Crippen LogP contribution is 2.21. The number of hydrogen-bond acceptors (Lipinski definition) is 5. The molecular formula is C20H17N5O. The maximum absolute atomic E-state index is 5.17. The summed E-state index contributed by atoms with van der Waals surface area (Å²) in [5.41, 5.74) is 4.46. The van der Waals surface area contributed by atoms with Crippen LogP contribution in [-0.4, -0.2) is 27.1 Å². The first-order valence-electron chi connectivity index (χ1n) is 8.17. The first-order chi connectivity index (χ1) is 12.8. The summed E-state index contributed by atoms with van der Waals surface area (Å²) in [7, 11) is 1.66. The predicted molar refractivity (Wildman–Crippen MR) is 101 cm³/mol. The van der Waals surface area contributed by atoms with E-state index in [1.165, 1.54) is 0 Å². The molecule has 2 heterocycles. The van der Waals surface area contributed by atoms with Gasteiger partial charge in [-0.05, 0) is 60.7 Å². The minimum atomic E-state index is 0.742. The Bertz CT molecular complexity index is 979. The number of anilines is 2. The third kappa shape index (κ3) is 3.39. The van der Waals surface area contributed by atoms with Crippen molar-refractivity contribution in [2.24, 2.45) is 0 Å². The molecule has 4 aromatic rings. The van der Waals surface area contributed by atoms with Gasteiger partial charge < -0.3 is 10.1 Å². The summed E-state index contributed by atoms with van der Waals surface area (Å²) in [6, 6.07) is 21.5. The van der Waals surface area contributed by atoms with Crippen LogP contribution in [0.2, 0.25) is 0 Å². The molecule has 0 aliphatic rings. The van der Waals surface area contributed by atoms with Crippen LogP contribution in [0.15, 0.2) is 79.1 Å². The third-order valence-corrected chi connectivity index (χ3v) is 3.93. The molecule has 0 unspecified atom stereocenters. The molecule has 0 aliphatic carbocycles. The summed E-state index contributed by atoms with van der Waals surface area (Å²) in [4.78, 5) is 4.29. The lowest BCUT2D eigenvalue weighted by atomic mass is 10.2. The Hall–Kier alpha value is -3.67. The molecule has 6 heteroatoms. The zero-order chi connectivity index (χ0) is 17.8. The Balaban J connectivity index is 1.50. The quantitative estimate of drug-likeness (QED) is 0.591. The second-order valence-corrected chi connectivity index (χ2v) is 5.66. The van der Waals surface area contributed by atoms with Crippen molar-refractivity contribution in [3.05, 3.63) is 79.1 Å². The lowest BCUT2D eigenvalue weighted by molar-refractivity contribution is 0.415. The summed E-state index contributed by atoms with van der Waals surface area (Å²) in [5, 5.41) is 11.7. The number of nitrogens with zero attached hydrogens (tertiary/aromatic N) is 4. The summed E-state index contributed by atoms with van der Waals surface area (Å²) >= 11 is 0. The molecule has 0 bridgehead atoms. The van der Waals surface area contributed by atoms with Crippen LogP contribution in [0, 0.1) is 0 Å². The summed E-state index contributed by atoms with van der Waals surface area (Å²) in [6.07, 6.45) is 3.61. The van der Waals surface area contributed by atoms with Gasteiger partial charge in [-0.15, -0.1) is 5.10 Å². The predicted octanol–water partition coefficient (Wildman–Crippen LogP) is 4.08. The number of ether oxygens (including phenoxy) is 1. The van der Waals surface area contributed by atoms with Gasteiger partial charge in [0.1, 0.15) is 11.4 Å². The van der Waals surface area contributed by atoms with Crippen molar-refractivity contribution in [2.75, 3.05) is 12.4 Å². The van der Waals surface area contributed by atoms with Crippen molar-refractivity contribution in [1.29, 1.82) is 0 Å². The standard InChI is InChI=1S/C20H17N5O/c1-26-18-11-7-16(8-12-18)22-15-5-9-17(10-6-15)25-14-20(23-24-25)19-4-2-3-13-21-19/h2-14,22H,1H3. The molecule has 0 fully saturated rings. The Morgan fingerprint density at radius 2 is 1.58 bits per heavy atom. The minimum Gasteiger partial charge on any atom is -0.497 e. The second-order valence-electron chi connectivity index (χ2n) is 5.66. The van der Waals surface area contributed by atoms with Crippen LogP contribution >= 0.6 is 0 Å². The molecule has 0 atom stereocenters. The zero-order valence-corrected chi connectivity index (χ0v) is 14.2. The normalized spacial score (nSPS) is 10.5. The highest BCUT2D eigenvalue weighted by atomic mass is 16.5. The van der Waals surface area contributed by atoms with Crippen LogP contribution in [-0.2, 0) is 0 Å². The maximum atomic E-state index is 5.17. The smallest absolute Gasteiger partial charge is 0.131 e. The molecule has 6 nitrogen and oxygen atoms in total. The first kappa shape index (κ1) is 15.8. The first-order valence-corrected chi connectivity index (χ1v) is 8.17. The fourth-order valence-corrected chi connectivity index (χ4v) is 2.56. The van der Waals surface area contributed by atoms with Gasteiger partial charge in [0.05, 0.1) is 24.7 Å². The molecule has 26 heavy (non-hydrogen) atoms. The van der Waals surface area contributed by atoms with Crippen molar-refractivity contribution in [1.82, 2.24) is 20.0 Å². The van der Waals surface area contributed by atoms with E-state index in [2.05, 4.69) is 20.6 Å². The van der Waals surface area contributed by atoms with Crippen molar-refractivity contribution >= 4 is 11.4 Å². The molecule has 0 saturated heterocycles. The summed E-state index contributed by atoms with van der Waals surface area (Å²) in [5.74, 6) is 0.834. The highest BCUT2D eigenvalue weighted by Gasteiger charge is 2.06. The van der Waals surface area contributed by atoms with Gasteiger partial charge >= 0.3 is 0 Å². The second kappa shape index (κ2) is 7.06. The van der Waals surface area contributed by atoms with Gasteiger partial charge in [0, 0.05) is 17.6 Å². The van der Waals surface area contributed by atoms with Crippen molar-refractivity contribution in [2.45, 2.75) is 0 Å². The molecule has 1 N–H and O–H groups in total. The molecule has 0 radical (unpaired) electrons. The number of aromatic nitrogens is 4. The molecule has 128 valence electrons. The van der Waals surface area contributed by atoms with Gasteiger partial charge in [-0.25, -0.2) is 4.68 Å². The minimum absolute atomic E-state index is 0.742. The van der Waals surface area contributed by atoms with Gasteiger partial charge in [-0.2, -0.15) is 0 Å². The van der Waals surface area contributed by atoms with Crippen molar-refractivity contribution < 1.29 is 4.74 Å². The molecule has 0 amide bonds. The summed E-state index contributed by atoms with van der Waals surface area (Å²) in [6.45, 7) is 0. The van der Waals surface area contributed by atoms with E-state index >= 15 is 0 Å². The molecule has 0 aliphatic heterocycles. The van der Waals surface area contributed by atoms with E-state index in [9.17, 15) is 0 Å². The zero-order valence-electron chi connectivity index (χ0n) is 14.2. The lowest BCUT2D eigenvalue weighted by Crippen LogP contribution is -1.96. The number of rotatable bonds is 5. The fourth-order valence-electron chi connectivity index (χ4n) is 2.56. The lowest BCUT2D eigenvalue weighted by Gasteiger charge is -2.08. The maximum Gasteiger partial charge on any atom is 0.131 e. The Morgan fingerprint density at radius 1 is 0.846 bits per heavy atom. The van der Waals surface area contributed by atoms with Crippen LogP contribution in [0.25, 0.3) is 17.1 Å². The van der Waals surface area contributed by atoms with E-state index in [1.54, 1.807) is 18.0 Å². The summed E-state index contributed by atoms with van der Waals surface area (Å²) < 4.78 is 6.91. The van der Waals surface area contributed by atoms with Gasteiger partial charge in [0.2, 0.25) is 0 Å².